The number of carbonyl (C=O) groups excluding carboxylic acids is 1. The molecule has 3 nitrogen and oxygen atoms in total. The summed E-state index contributed by atoms with van der Waals surface area (Å²) in [5.74, 6) is 0. The lowest BCUT2D eigenvalue weighted by Gasteiger charge is -2.21. The van der Waals surface area contributed by atoms with Gasteiger partial charge in [0.05, 0.1) is 6.04 Å². The van der Waals surface area contributed by atoms with Crippen molar-refractivity contribution in [2.45, 2.75) is 19.9 Å². The molecule has 0 aliphatic rings. The first-order valence-electron chi connectivity index (χ1n) is 8.39. The smallest absolute Gasteiger partial charge is 0.320 e. The molecule has 3 aromatic carbocycles. The van der Waals surface area contributed by atoms with Gasteiger partial charge in [-0.1, -0.05) is 78.9 Å². The van der Waals surface area contributed by atoms with Gasteiger partial charge in [0.25, 0.3) is 0 Å². The number of amides is 2. The minimum Gasteiger partial charge on any atom is -0.327 e. The molecule has 2 amide bonds. The van der Waals surface area contributed by atoms with Gasteiger partial charge in [0.15, 0.2) is 0 Å². The van der Waals surface area contributed by atoms with Crippen LogP contribution < -0.4 is 10.6 Å². The van der Waals surface area contributed by atoms with E-state index in [1.54, 1.807) is 0 Å². The molecule has 2 N–H and O–H groups in total. The number of hydrogen-bond acceptors (Lipinski definition) is 1. The fourth-order valence-corrected chi connectivity index (χ4v) is 2.94. The van der Waals surface area contributed by atoms with Gasteiger partial charge < -0.3 is 10.6 Å². The molecule has 3 heteroatoms. The molecule has 3 rings (SSSR count). The van der Waals surface area contributed by atoms with E-state index in [0.29, 0.717) is 0 Å². The molecule has 0 spiro atoms. The van der Waals surface area contributed by atoms with Crippen LogP contribution in [-0.2, 0) is 0 Å². The number of benzene rings is 3. The Morgan fingerprint density at radius 3 is 1.68 bits per heavy atom. The second-order valence-electron chi connectivity index (χ2n) is 6.12. The summed E-state index contributed by atoms with van der Waals surface area (Å²) in [6.07, 6.45) is 0. The summed E-state index contributed by atoms with van der Waals surface area (Å²) in [5.41, 5.74) is 5.05. The Hall–Kier alpha value is -3.07. The molecule has 0 aliphatic carbocycles. The largest absolute Gasteiger partial charge is 0.327 e. The quantitative estimate of drug-likeness (QED) is 0.677. The number of nitrogens with one attached hydrogen (secondary N) is 2. The van der Waals surface area contributed by atoms with Crippen LogP contribution in [0.5, 0.6) is 0 Å². The Balaban J connectivity index is 1.84. The van der Waals surface area contributed by atoms with Crippen LogP contribution in [0.1, 0.15) is 28.3 Å². The van der Waals surface area contributed by atoms with Crippen LogP contribution >= 0.6 is 0 Å². The number of para-hydroxylation sites is 1. The molecule has 0 radical (unpaired) electrons. The maximum absolute atomic E-state index is 12.7. The summed E-state index contributed by atoms with van der Waals surface area (Å²) in [6, 6.07) is 25.5. The molecule has 0 heterocycles. The molecule has 0 atom stereocenters. The number of carbonyl (C=O) groups is 1. The van der Waals surface area contributed by atoms with Crippen molar-refractivity contribution in [2.24, 2.45) is 0 Å². The van der Waals surface area contributed by atoms with Crippen LogP contribution in [0.4, 0.5) is 10.5 Å². The molecule has 25 heavy (non-hydrogen) atoms. The van der Waals surface area contributed by atoms with E-state index in [0.717, 1.165) is 27.9 Å². The van der Waals surface area contributed by atoms with Crippen molar-refractivity contribution in [3.8, 4) is 0 Å². The highest BCUT2D eigenvalue weighted by molar-refractivity contribution is 5.91. The Kier molecular flexibility index (Phi) is 5.14. The van der Waals surface area contributed by atoms with E-state index in [2.05, 4.69) is 10.6 Å². The van der Waals surface area contributed by atoms with Gasteiger partial charge >= 0.3 is 6.03 Å². The highest BCUT2D eigenvalue weighted by Crippen LogP contribution is 2.23. The fraction of sp³-hybridized carbons (Fsp3) is 0.136. The van der Waals surface area contributed by atoms with E-state index in [9.17, 15) is 4.79 Å². The summed E-state index contributed by atoms with van der Waals surface area (Å²) < 4.78 is 0. The number of rotatable bonds is 4. The lowest BCUT2D eigenvalue weighted by Crippen LogP contribution is -2.33. The van der Waals surface area contributed by atoms with E-state index in [1.165, 1.54) is 0 Å². The Bertz CT molecular complexity index is 785. The molecule has 126 valence electrons. The van der Waals surface area contributed by atoms with Crippen LogP contribution in [0.3, 0.4) is 0 Å². The van der Waals surface area contributed by atoms with Crippen molar-refractivity contribution < 1.29 is 4.79 Å². The van der Waals surface area contributed by atoms with Gasteiger partial charge in [-0.05, 0) is 36.1 Å². The van der Waals surface area contributed by atoms with E-state index in [-0.39, 0.29) is 12.1 Å². The molecule has 0 saturated heterocycles. The van der Waals surface area contributed by atoms with Crippen LogP contribution in [0, 0.1) is 13.8 Å². The van der Waals surface area contributed by atoms with Crippen LogP contribution in [0.2, 0.25) is 0 Å². The Morgan fingerprint density at radius 1 is 0.720 bits per heavy atom. The molecule has 0 bridgehead atoms. The zero-order valence-corrected chi connectivity index (χ0v) is 14.5. The van der Waals surface area contributed by atoms with Crippen molar-refractivity contribution in [2.75, 3.05) is 5.32 Å². The second-order valence-corrected chi connectivity index (χ2v) is 6.12. The van der Waals surface area contributed by atoms with Gasteiger partial charge in [0.1, 0.15) is 0 Å². The minimum atomic E-state index is -0.213. The maximum atomic E-state index is 12.7. The molecular formula is C22H22N2O. The van der Waals surface area contributed by atoms with E-state index >= 15 is 0 Å². The van der Waals surface area contributed by atoms with Gasteiger partial charge in [-0.3, -0.25) is 0 Å². The summed E-state index contributed by atoms with van der Waals surface area (Å²) in [6.45, 7) is 3.99. The predicted molar refractivity (Wildman–Crippen MR) is 103 cm³/mol. The van der Waals surface area contributed by atoms with Gasteiger partial charge in [-0.2, -0.15) is 0 Å². The number of urea groups is 1. The maximum Gasteiger partial charge on any atom is 0.320 e. The molecule has 0 fully saturated rings. The molecule has 0 saturated carbocycles. The zero-order valence-electron chi connectivity index (χ0n) is 14.5. The van der Waals surface area contributed by atoms with Crippen LogP contribution in [0.25, 0.3) is 0 Å². The van der Waals surface area contributed by atoms with E-state index in [1.807, 2.05) is 92.7 Å². The lowest BCUT2D eigenvalue weighted by molar-refractivity contribution is 0.250. The van der Waals surface area contributed by atoms with Crippen LogP contribution in [0.15, 0.2) is 78.9 Å². The summed E-state index contributed by atoms with van der Waals surface area (Å²) in [5, 5.41) is 6.10. The summed E-state index contributed by atoms with van der Waals surface area (Å²) in [7, 11) is 0. The SMILES string of the molecule is Cc1cccc(C)c1NC(=O)NC(c1ccccc1)c1ccccc1. The monoisotopic (exact) mass is 330 g/mol. The molecular weight excluding hydrogens is 308 g/mol. The first-order valence-corrected chi connectivity index (χ1v) is 8.39. The molecule has 0 unspecified atom stereocenters. The zero-order chi connectivity index (χ0) is 17.6. The molecule has 3 aromatic rings. The summed E-state index contributed by atoms with van der Waals surface area (Å²) >= 11 is 0. The number of aryl methyl sites for hydroxylation is 2. The highest BCUT2D eigenvalue weighted by Gasteiger charge is 2.17. The Labute approximate surface area is 148 Å². The standard InChI is InChI=1S/C22H22N2O/c1-16-10-9-11-17(2)20(16)23-22(25)24-21(18-12-5-3-6-13-18)19-14-7-4-8-15-19/h3-15,21H,1-2H3,(H2,23,24,25). The molecule has 0 aliphatic heterocycles. The average Bonchev–Trinajstić information content (AvgIpc) is 2.64. The van der Waals surface area contributed by atoms with Crippen molar-refractivity contribution in [1.82, 2.24) is 5.32 Å². The predicted octanol–water partition coefficient (Wildman–Crippen LogP) is 5.21. The van der Waals surface area contributed by atoms with Crippen molar-refractivity contribution in [3.63, 3.8) is 0 Å². The fourth-order valence-electron chi connectivity index (χ4n) is 2.94. The van der Waals surface area contributed by atoms with Crippen LogP contribution in [-0.4, -0.2) is 6.03 Å². The van der Waals surface area contributed by atoms with Gasteiger partial charge in [-0.15, -0.1) is 0 Å². The van der Waals surface area contributed by atoms with Gasteiger partial charge in [0.2, 0.25) is 0 Å². The topological polar surface area (TPSA) is 41.1 Å². The van der Waals surface area contributed by atoms with E-state index in [4.69, 9.17) is 0 Å². The van der Waals surface area contributed by atoms with Crippen molar-refractivity contribution in [1.29, 1.82) is 0 Å². The average molecular weight is 330 g/mol. The van der Waals surface area contributed by atoms with Crippen molar-refractivity contribution >= 4 is 11.7 Å². The highest BCUT2D eigenvalue weighted by atomic mass is 16.2. The third-order valence-electron chi connectivity index (χ3n) is 4.26. The number of hydrogen-bond donors (Lipinski definition) is 2. The third-order valence-corrected chi connectivity index (χ3v) is 4.26. The first kappa shape index (κ1) is 16.8. The first-order chi connectivity index (χ1) is 12.1. The van der Waals surface area contributed by atoms with E-state index < -0.39 is 0 Å². The molecule has 0 aromatic heterocycles. The third kappa shape index (κ3) is 4.07. The van der Waals surface area contributed by atoms with Crippen molar-refractivity contribution in [3.05, 3.63) is 101 Å². The van der Waals surface area contributed by atoms with Gasteiger partial charge in [0, 0.05) is 5.69 Å². The Morgan fingerprint density at radius 2 is 1.20 bits per heavy atom. The lowest BCUT2D eigenvalue weighted by atomic mass is 9.99. The minimum absolute atomic E-state index is 0.202. The summed E-state index contributed by atoms with van der Waals surface area (Å²) in [4.78, 5) is 12.7. The van der Waals surface area contributed by atoms with Gasteiger partial charge in [-0.25, -0.2) is 4.79 Å². The second kappa shape index (κ2) is 7.67. The number of anilines is 1. The normalized spacial score (nSPS) is 10.5.